The van der Waals surface area contributed by atoms with Gasteiger partial charge in [0.15, 0.2) is 5.82 Å². The summed E-state index contributed by atoms with van der Waals surface area (Å²) in [4.78, 5) is 25.2. The molecule has 2 amide bonds. The highest BCUT2D eigenvalue weighted by Crippen LogP contribution is 2.20. The lowest BCUT2D eigenvalue weighted by Crippen LogP contribution is -2.50. The molecule has 1 aromatic heterocycles. The van der Waals surface area contributed by atoms with Gasteiger partial charge in [-0.2, -0.15) is 10.1 Å². The summed E-state index contributed by atoms with van der Waals surface area (Å²) in [6.07, 6.45) is -0.0112. The molecule has 30 heavy (non-hydrogen) atoms. The van der Waals surface area contributed by atoms with E-state index in [0.717, 1.165) is 16.3 Å². The van der Waals surface area contributed by atoms with Crippen molar-refractivity contribution in [2.45, 2.75) is 59.3 Å². The molecule has 0 atom stereocenters. The molecule has 2 aromatic rings. The molecule has 0 fully saturated rings. The first kappa shape index (κ1) is 23.1. The second-order valence-electron chi connectivity index (χ2n) is 8.62. The van der Waals surface area contributed by atoms with Crippen LogP contribution in [0, 0.1) is 0 Å². The predicted molar refractivity (Wildman–Crippen MR) is 112 cm³/mol. The molecular weight excluding hydrogens is 388 g/mol. The van der Waals surface area contributed by atoms with E-state index in [2.05, 4.69) is 10.5 Å². The molecule has 0 spiro atoms. The number of rotatable bonds is 4. The van der Waals surface area contributed by atoms with Crippen LogP contribution < -0.4 is 15.2 Å². The Morgan fingerprint density at radius 1 is 1.00 bits per heavy atom. The van der Waals surface area contributed by atoms with Crippen LogP contribution in [0.3, 0.4) is 0 Å². The molecule has 1 heterocycles. The van der Waals surface area contributed by atoms with Gasteiger partial charge in [0, 0.05) is 6.07 Å². The minimum absolute atomic E-state index is 0.325. The van der Waals surface area contributed by atoms with E-state index in [-0.39, 0.29) is 0 Å². The minimum atomic E-state index is -0.787. The molecule has 164 valence electrons. The summed E-state index contributed by atoms with van der Waals surface area (Å²) in [5.74, 6) is 1.06. The van der Waals surface area contributed by atoms with Crippen LogP contribution >= 0.6 is 0 Å². The number of hydrogen-bond acceptors (Lipinski definition) is 6. The summed E-state index contributed by atoms with van der Waals surface area (Å²) in [6, 6.07) is 9.06. The zero-order chi connectivity index (χ0) is 22.5. The molecule has 0 aliphatic carbocycles. The molecule has 1 N–H and O–H groups in total. The summed E-state index contributed by atoms with van der Waals surface area (Å²) in [7, 11) is 1.60. The number of nitrogens with one attached hydrogen (secondary N) is 1. The van der Waals surface area contributed by atoms with E-state index < -0.39 is 23.4 Å². The maximum absolute atomic E-state index is 12.8. The monoisotopic (exact) mass is 418 g/mol. The van der Waals surface area contributed by atoms with Gasteiger partial charge in [-0.3, -0.25) is 0 Å². The van der Waals surface area contributed by atoms with E-state index in [9.17, 15) is 9.59 Å². The molecule has 0 bridgehead atoms. The third kappa shape index (κ3) is 6.98. The maximum atomic E-state index is 12.8. The van der Waals surface area contributed by atoms with Crippen LogP contribution in [0.4, 0.5) is 15.4 Å². The lowest BCUT2D eigenvalue weighted by atomic mass is 10.2. The lowest BCUT2D eigenvalue weighted by molar-refractivity contribution is 0.0422. The first-order chi connectivity index (χ1) is 13.9. The van der Waals surface area contributed by atoms with Gasteiger partial charge in [0.1, 0.15) is 17.0 Å². The molecule has 0 aliphatic heterocycles. The predicted octanol–water partition coefficient (Wildman–Crippen LogP) is 4.12. The zero-order valence-electron chi connectivity index (χ0n) is 18.6. The molecule has 0 unspecified atom stereocenters. The Kier molecular flexibility index (Phi) is 6.96. The molecule has 0 radical (unpaired) electrons. The number of methoxy groups -OCH3 is 1. The summed E-state index contributed by atoms with van der Waals surface area (Å²) < 4.78 is 17.5. The van der Waals surface area contributed by atoms with Crippen LogP contribution in [0.1, 0.15) is 47.1 Å². The van der Waals surface area contributed by atoms with Crippen molar-refractivity contribution in [1.82, 2.24) is 15.2 Å². The standard InChI is InChI=1S/C21H30N4O5/c1-20(2,3)29-18(26)23-25(19(27)30-21(4,5)6)17-12-13-22-24(17)14-15-8-10-16(28-7)11-9-15/h8-13H,14H2,1-7H3,(H,23,26). The highest BCUT2D eigenvalue weighted by atomic mass is 16.6. The molecular formula is C21H30N4O5. The van der Waals surface area contributed by atoms with Gasteiger partial charge in [-0.05, 0) is 59.2 Å². The quantitative estimate of drug-likeness (QED) is 0.751. The van der Waals surface area contributed by atoms with Gasteiger partial charge in [-0.25, -0.2) is 19.7 Å². The van der Waals surface area contributed by atoms with E-state index in [1.807, 2.05) is 24.3 Å². The fraction of sp³-hybridized carbons (Fsp3) is 0.476. The normalized spacial score (nSPS) is 11.6. The number of anilines is 1. The number of ether oxygens (including phenoxy) is 3. The van der Waals surface area contributed by atoms with Crippen LogP contribution in [0.2, 0.25) is 0 Å². The Morgan fingerprint density at radius 2 is 1.60 bits per heavy atom. The molecule has 1 aromatic carbocycles. The number of hydrazine groups is 1. The first-order valence-corrected chi connectivity index (χ1v) is 9.55. The number of amides is 2. The zero-order valence-corrected chi connectivity index (χ0v) is 18.6. The van der Waals surface area contributed by atoms with E-state index in [1.165, 1.54) is 6.20 Å². The van der Waals surface area contributed by atoms with Gasteiger partial charge in [0.05, 0.1) is 19.9 Å². The lowest BCUT2D eigenvalue weighted by Gasteiger charge is -2.28. The maximum Gasteiger partial charge on any atom is 0.435 e. The second-order valence-corrected chi connectivity index (χ2v) is 8.62. The van der Waals surface area contributed by atoms with E-state index in [0.29, 0.717) is 12.4 Å². The fourth-order valence-corrected chi connectivity index (χ4v) is 2.44. The molecule has 0 saturated carbocycles. The second kappa shape index (κ2) is 9.06. The number of aromatic nitrogens is 2. The topological polar surface area (TPSA) is 94.9 Å². The number of hydrogen-bond donors (Lipinski definition) is 1. The van der Waals surface area contributed by atoms with Gasteiger partial charge >= 0.3 is 12.2 Å². The Balaban J connectivity index is 2.30. The third-order valence-electron chi connectivity index (χ3n) is 3.59. The molecule has 0 aliphatic rings. The number of carbonyl (C=O) groups is 2. The SMILES string of the molecule is COc1ccc(Cn2nccc2N(NC(=O)OC(C)(C)C)C(=O)OC(C)(C)C)cc1. The van der Waals surface area contributed by atoms with Gasteiger partial charge in [0.2, 0.25) is 0 Å². The number of nitrogens with zero attached hydrogens (tertiary/aromatic N) is 3. The summed E-state index contributed by atoms with van der Waals surface area (Å²) >= 11 is 0. The average molecular weight is 418 g/mol. The van der Waals surface area contributed by atoms with E-state index in [4.69, 9.17) is 14.2 Å². The summed E-state index contributed by atoms with van der Waals surface area (Å²) in [5, 5.41) is 5.28. The van der Waals surface area contributed by atoms with Crippen molar-refractivity contribution in [2.24, 2.45) is 0 Å². The van der Waals surface area contributed by atoms with E-state index >= 15 is 0 Å². The third-order valence-corrected chi connectivity index (χ3v) is 3.59. The fourth-order valence-electron chi connectivity index (χ4n) is 2.44. The van der Waals surface area contributed by atoms with Crippen molar-refractivity contribution in [2.75, 3.05) is 12.1 Å². The Morgan fingerprint density at radius 3 is 2.13 bits per heavy atom. The van der Waals surface area contributed by atoms with Crippen molar-refractivity contribution in [3.8, 4) is 5.75 Å². The highest BCUT2D eigenvalue weighted by molar-refractivity contribution is 5.89. The molecule has 2 rings (SSSR count). The van der Waals surface area contributed by atoms with Crippen molar-refractivity contribution in [1.29, 1.82) is 0 Å². The highest BCUT2D eigenvalue weighted by Gasteiger charge is 2.29. The Labute approximate surface area is 176 Å². The van der Waals surface area contributed by atoms with Crippen molar-refractivity contribution in [3.63, 3.8) is 0 Å². The van der Waals surface area contributed by atoms with E-state index in [1.54, 1.807) is 59.4 Å². The molecule has 0 saturated heterocycles. The largest absolute Gasteiger partial charge is 0.497 e. The van der Waals surface area contributed by atoms with Crippen LogP contribution in [-0.2, 0) is 16.0 Å². The molecule has 9 nitrogen and oxygen atoms in total. The van der Waals surface area contributed by atoms with Crippen LogP contribution in [-0.4, -0.2) is 40.3 Å². The van der Waals surface area contributed by atoms with Gasteiger partial charge in [0.25, 0.3) is 0 Å². The van der Waals surface area contributed by atoms with Gasteiger partial charge in [-0.15, -0.1) is 0 Å². The van der Waals surface area contributed by atoms with Crippen LogP contribution in [0.25, 0.3) is 0 Å². The Bertz CT molecular complexity index is 863. The van der Waals surface area contributed by atoms with Crippen LogP contribution in [0.5, 0.6) is 5.75 Å². The smallest absolute Gasteiger partial charge is 0.435 e. The number of benzene rings is 1. The van der Waals surface area contributed by atoms with Gasteiger partial charge in [-0.1, -0.05) is 12.1 Å². The molecule has 9 heteroatoms. The minimum Gasteiger partial charge on any atom is -0.497 e. The average Bonchev–Trinajstić information content (AvgIpc) is 3.05. The number of carbonyl (C=O) groups excluding carboxylic acids is 2. The summed E-state index contributed by atoms with van der Waals surface area (Å²) in [5.41, 5.74) is 1.90. The first-order valence-electron chi connectivity index (χ1n) is 9.55. The Hall–Kier alpha value is -3.23. The van der Waals surface area contributed by atoms with Gasteiger partial charge < -0.3 is 14.2 Å². The van der Waals surface area contributed by atoms with Crippen molar-refractivity contribution < 1.29 is 23.8 Å². The van der Waals surface area contributed by atoms with Crippen molar-refractivity contribution >= 4 is 18.0 Å². The summed E-state index contributed by atoms with van der Waals surface area (Å²) in [6.45, 7) is 10.8. The van der Waals surface area contributed by atoms with Crippen LogP contribution in [0.15, 0.2) is 36.5 Å². The van der Waals surface area contributed by atoms with Crippen molar-refractivity contribution in [3.05, 3.63) is 42.1 Å².